The number of likely N-dealkylation sites (N-methyl/N-ethyl adjacent to an activating group) is 1. The van der Waals surface area contributed by atoms with E-state index in [4.69, 9.17) is 0 Å². The van der Waals surface area contributed by atoms with Crippen LogP contribution < -0.4 is 0 Å². The minimum Gasteiger partial charge on any atom is -0.480 e. The lowest BCUT2D eigenvalue weighted by Gasteiger charge is -2.27. The van der Waals surface area contributed by atoms with E-state index >= 15 is 0 Å². The minimum atomic E-state index is -0.814. The van der Waals surface area contributed by atoms with E-state index in [0.29, 0.717) is 13.1 Å². The van der Waals surface area contributed by atoms with E-state index in [9.17, 15) is 14.7 Å². The molecule has 1 N–H and O–H groups in total. The molecule has 0 aromatic carbocycles. The summed E-state index contributed by atoms with van der Waals surface area (Å²) in [5.41, 5.74) is 1.11. The number of carbonyl (C=O) groups is 2. The summed E-state index contributed by atoms with van der Waals surface area (Å²) in [6.07, 6.45) is 6.08. The van der Waals surface area contributed by atoms with Crippen LogP contribution in [0.3, 0.4) is 0 Å². The number of likely N-dealkylation sites (tertiary alicyclic amines) is 1. The van der Waals surface area contributed by atoms with Crippen LogP contribution >= 0.6 is 0 Å². The zero-order valence-electron chi connectivity index (χ0n) is 12.3. The van der Waals surface area contributed by atoms with Crippen molar-refractivity contribution >= 4 is 11.9 Å². The van der Waals surface area contributed by atoms with Gasteiger partial charge < -0.3 is 10.0 Å². The quantitative estimate of drug-likeness (QED) is 0.832. The summed E-state index contributed by atoms with van der Waals surface area (Å²) in [6, 6.07) is -0.518. The number of amides is 1. The van der Waals surface area contributed by atoms with Gasteiger partial charge in [-0.1, -0.05) is 13.0 Å². The van der Waals surface area contributed by atoms with Gasteiger partial charge >= 0.3 is 5.97 Å². The van der Waals surface area contributed by atoms with Crippen molar-refractivity contribution in [2.24, 2.45) is 5.92 Å². The highest BCUT2D eigenvalue weighted by atomic mass is 16.4. The molecular formula is C15H24N2O3. The molecule has 2 atom stereocenters. The molecule has 5 nitrogen and oxygen atoms in total. The normalized spacial score (nSPS) is 26.6. The van der Waals surface area contributed by atoms with E-state index in [2.05, 4.69) is 6.08 Å². The number of carboxylic acids is 1. The molecule has 1 amide bonds. The molecule has 1 fully saturated rings. The summed E-state index contributed by atoms with van der Waals surface area (Å²) in [7, 11) is 0. The molecule has 0 saturated carbocycles. The first-order chi connectivity index (χ1) is 9.54. The SMILES string of the molecule is CCN(C(=O)CN1CCC(C)C1C(=O)O)C1=CCCC1. The third kappa shape index (κ3) is 3.03. The van der Waals surface area contributed by atoms with Crippen molar-refractivity contribution in [1.29, 1.82) is 0 Å². The maximum Gasteiger partial charge on any atom is 0.321 e. The molecular weight excluding hydrogens is 256 g/mol. The number of rotatable bonds is 5. The van der Waals surface area contributed by atoms with Crippen LogP contribution in [-0.4, -0.2) is 52.5 Å². The fraction of sp³-hybridized carbons (Fsp3) is 0.733. The summed E-state index contributed by atoms with van der Waals surface area (Å²) < 4.78 is 0. The van der Waals surface area contributed by atoms with Gasteiger partial charge in [-0.3, -0.25) is 14.5 Å². The maximum absolute atomic E-state index is 12.4. The predicted molar refractivity (Wildman–Crippen MR) is 76.1 cm³/mol. The van der Waals surface area contributed by atoms with Crippen molar-refractivity contribution in [1.82, 2.24) is 9.80 Å². The number of nitrogens with zero attached hydrogens (tertiary/aromatic N) is 2. The van der Waals surface area contributed by atoms with Gasteiger partial charge in [0.15, 0.2) is 0 Å². The van der Waals surface area contributed by atoms with Crippen molar-refractivity contribution in [3.8, 4) is 0 Å². The maximum atomic E-state index is 12.4. The Morgan fingerprint density at radius 2 is 2.25 bits per heavy atom. The van der Waals surface area contributed by atoms with E-state index in [-0.39, 0.29) is 18.4 Å². The Hall–Kier alpha value is -1.36. The van der Waals surface area contributed by atoms with E-state index in [0.717, 1.165) is 31.4 Å². The van der Waals surface area contributed by atoms with Gasteiger partial charge in [0.1, 0.15) is 6.04 Å². The van der Waals surface area contributed by atoms with Gasteiger partial charge in [-0.05, 0) is 45.1 Å². The highest BCUT2D eigenvalue weighted by Gasteiger charge is 2.38. The van der Waals surface area contributed by atoms with Gasteiger partial charge in [-0.15, -0.1) is 0 Å². The Labute approximate surface area is 120 Å². The van der Waals surface area contributed by atoms with Crippen LogP contribution in [0.25, 0.3) is 0 Å². The van der Waals surface area contributed by atoms with Gasteiger partial charge in [0.2, 0.25) is 5.91 Å². The minimum absolute atomic E-state index is 0.0287. The van der Waals surface area contributed by atoms with Crippen LogP contribution in [0.2, 0.25) is 0 Å². The molecule has 20 heavy (non-hydrogen) atoms. The van der Waals surface area contributed by atoms with Crippen LogP contribution in [0.1, 0.15) is 39.5 Å². The van der Waals surface area contributed by atoms with Crippen LogP contribution in [0.4, 0.5) is 0 Å². The molecule has 2 aliphatic rings. The largest absolute Gasteiger partial charge is 0.480 e. The van der Waals surface area contributed by atoms with E-state index < -0.39 is 12.0 Å². The number of aliphatic carboxylic acids is 1. The van der Waals surface area contributed by atoms with E-state index in [1.807, 2.05) is 23.6 Å². The fourth-order valence-electron chi connectivity index (χ4n) is 3.30. The standard InChI is InChI=1S/C15H24N2O3/c1-3-17(12-6-4-5-7-12)13(18)10-16-9-8-11(2)14(16)15(19)20/h6,11,14H,3-5,7-10H2,1-2H3,(H,19,20). The Morgan fingerprint density at radius 3 is 2.80 bits per heavy atom. The number of carbonyl (C=O) groups excluding carboxylic acids is 1. The third-order valence-corrected chi connectivity index (χ3v) is 4.38. The molecule has 2 rings (SSSR count). The van der Waals surface area contributed by atoms with Crippen molar-refractivity contribution < 1.29 is 14.7 Å². The Balaban J connectivity index is 2.01. The molecule has 1 aliphatic carbocycles. The van der Waals surface area contributed by atoms with Crippen LogP contribution in [0.15, 0.2) is 11.8 Å². The lowest BCUT2D eigenvalue weighted by Crippen LogP contribution is -2.45. The number of hydrogen-bond donors (Lipinski definition) is 1. The van der Waals surface area contributed by atoms with Gasteiger partial charge in [-0.25, -0.2) is 0 Å². The molecule has 0 aromatic rings. The monoisotopic (exact) mass is 280 g/mol. The van der Waals surface area contributed by atoms with Crippen LogP contribution in [0.5, 0.6) is 0 Å². The second-order valence-corrected chi connectivity index (χ2v) is 5.75. The summed E-state index contributed by atoms with van der Waals surface area (Å²) in [5.74, 6) is -0.673. The molecule has 5 heteroatoms. The summed E-state index contributed by atoms with van der Waals surface area (Å²) in [5, 5.41) is 9.30. The first-order valence-corrected chi connectivity index (χ1v) is 7.50. The lowest BCUT2D eigenvalue weighted by molar-refractivity contribution is -0.144. The summed E-state index contributed by atoms with van der Waals surface area (Å²) in [4.78, 5) is 27.4. The molecule has 1 aliphatic heterocycles. The predicted octanol–water partition coefficient (Wildman–Crippen LogP) is 1.70. The molecule has 112 valence electrons. The van der Waals surface area contributed by atoms with Gasteiger partial charge in [0, 0.05) is 12.2 Å². The molecule has 1 saturated heterocycles. The van der Waals surface area contributed by atoms with Crippen LogP contribution in [-0.2, 0) is 9.59 Å². The smallest absolute Gasteiger partial charge is 0.321 e. The summed E-state index contributed by atoms with van der Waals surface area (Å²) >= 11 is 0. The molecule has 0 spiro atoms. The van der Waals surface area contributed by atoms with Crippen molar-refractivity contribution in [3.63, 3.8) is 0 Å². The van der Waals surface area contributed by atoms with Crippen molar-refractivity contribution in [2.75, 3.05) is 19.6 Å². The Kier molecular flexibility index (Phi) is 4.81. The van der Waals surface area contributed by atoms with Crippen molar-refractivity contribution in [2.45, 2.75) is 45.6 Å². The number of allylic oxidation sites excluding steroid dienone is 2. The van der Waals surface area contributed by atoms with Gasteiger partial charge in [-0.2, -0.15) is 0 Å². The topological polar surface area (TPSA) is 60.9 Å². The molecule has 1 heterocycles. The summed E-state index contributed by atoms with van der Waals surface area (Å²) in [6.45, 7) is 5.48. The highest BCUT2D eigenvalue weighted by Crippen LogP contribution is 2.25. The first-order valence-electron chi connectivity index (χ1n) is 7.50. The Bertz CT molecular complexity index is 419. The molecule has 2 unspecified atom stereocenters. The molecule has 0 aromatic heterocycles. The number of hydrogen-bond acceptors (Lipinski definition) is 3. The zero-order valence-corrected chi connectivity index (χ0v) is 12.3. The van der Waals surface area contributed by atoms with E-state index in [1.165, 1.54) is 0 Å². The zero-order chi connectivity index (χ0) is 14.7. The van der Waals surface area contributed by atoms with Crippen molar-refractivity contribution in [3.05, 3.63) is 11.8 Å². The lowest BCUT2D eigenvalue weighted by atomic mass is 10.0. The van der Waals surface area contributed by atoms with Gasteiger partial charge in [0.25, 0.3) is 0 Å². The first kappa shape index (κ1) is 15.0. The highest BCUT2D eigenvalue weighted by molar-refractivity contribution is 5.81. The van der Waals surface area contributed by atoms with E-state index in [1.54, 1.807) is 0 Å². The number of carboxylic acid groups (broad SMARTS) is 1. The fourth-order valence-corrected chi connectivity index (χ4v) is 3.30. The second kappa shape index (κ2) is 6.39. The average Bonchev–Trinajstić information content (AvgIpc) is 3.00. The molecule has 0 bridgehead atoms. The Morgan fingerprint density at radius 1 is 1.50 bits per heavy atom. The average molecular weight is 280 g/mol. The third-order valence-electron chi connectivity index (χ3n) is 4.38. The second-order valence-electron chi connectivity index (χ2n) is 5.75. The van der Waals surface area contributed by atoms with Gasteiger partial charge in [0.05, 0.1) is 6.54 Å². The van der Waals surface area contributed by atoms with Crippen LogP contribution in [0, 0.1) is 5.92 Å². The molecule has 0 radical (unpaired) electrons.